The van der Waals surface area contributed by atoms with Crippen molar-refractivity contribution < 1.29 is 23.9 Å². The number of imidazole rings is 1. The van der Waals surface area contributed by atoms with E-state index in [1.54, 1.807) is 40.0 Å². The van der Waals surface area contributed by atoms with Crippen LogP contribution in [0.5, 0.6) is 0 Å². The largest absolute Gasteiger partial charge is 0.464 e. The van der Waals surface area contributed by atoms with Crippen molar-refractivity contribution in [1.82, 2.24) is 25.2 Å². The van der Waals surface area contributed by atoms with E-state index in [1.807, 2.05) is 25.5 Å². The van der Waals surface area contributed by atoms with Crippen LogP contribution in [0.15, 0.2) is 12.3 Å². The number of pyridine rings is 1. The van der Waals surface area contributed by atoms with Crippen molar-refractivity contribution in [2.45, 2.75) is 78.5 Å². The first-order valence-electron chi connectivity index (χ1n) is 11.8. The van der Waals surface area contributed by atoms with Gasteiger partial charge >= 0.3 is 12.1 Å². The third-order valence-electron chi connectivity index (χ3n) is 5.08. The minimum absolute atomic E-state index is 0.141. The fraction of sp³-hybridized carbons (Fsp3) is 0.625. The molecular formula is C24H38N6O5. The summed E-state index contributed by atoms with van der Waals surface area (Å²) in [5.74, 6) is -0.201. The minimum Gasteiger partial charge on any atom is -0.464 e. The number of carbonyl (C=O) groups is 3. The van der Waals surface area contributed by atoms with E-state index in [0.29, 0.717) is 35.5 Å². The second-order valence-electron chi connectivity index (χ2n) is 9.88. The van der Waals surface area contributed by atoms with Crippen molar-refractivity contribution in [1.29, 1.82) is 0 Å². The molecule has 2 amide bonds. The third-order valence-corrected chi connectivity index (χ3v) is 5.08. The maximum Gasteiger partial charge on any atom is 0.408 e. The van der Waals surface area contributed by atoms with Gasteiger partial charge in [0, 0.05) is 13.5 Å². The lowest BCUT2D eigenvalue weighted by Gasteiger charge is -2.25. The molecule has 11 nitrogen and oxygen atoms in total. The molecule has 194 valence electrons. The van der Waals surface area contributed by atoms with Gasteiger partial charge in [-0.05, 0) is 52.5 Å². The SMILES string of the molecule is CCOC(=O)[C@H](CC(C)C)NC(=O)[C@H](CCc1nc2cc(N)cnc2n1C)NC(=O)OC(C)(C)C. The Morgan fingerprint density at radius 1 is 1.17 bits per heavy atom. The topological polar surface area (TPSA) is 150 Å². The molecule has 0 bridgehead atoms. The average Bonchev–Trinajstić information content (AvgIpc) is 3.03. The molecule has 0 saturated heterocycles. The van der Waals surface area contributed by atoms with E-state index in [9.17, 15) is 14.4 Å². The molecule has 0 aliphatic rings. The number of amides is 2. The highest BCUT2D eigenvalue weighted by Gasteiger charge is 2.30. The number of nitrogen functional groups attached to an aromatic ring is 1. The van der Waals surface area contributed by atoms with Crippen molar-refractivity contribution in [3.63, 3.8) is 0 Å². The highest BCUT2D eigenvalue weighted by atomic mass is 16.6. The highest BCUT2D eigenvalue weighted by Crippen LogP contribution is 2.17. The summed E-state index contributed by atoms with van der Waals surface area (Å²) >= 11 is 0. The molecule has 2 aromatic rings. The second kappa shape index (κ2) is 11.9. The lowest BCUT2D eigenvalue weighted by molar-refractivity contribution is -0.148. The normalized spacial score (nSPS) is 13.4. The molecule has 2 rings (SSSR count). The molecule has 0 radical (unpaired) electrons. The van der Waals surface area contributed by atoms with E-state index >= 15 is 0 Å². The molecule has 0 spiro atoms. The molecule has 0 unspecified atom stereocenters. The maximum atomic E-state index is 13.2. The number of nitrogens with two attached hydrogens (primary N) is 1. The van der Waals surface area contributed by atoms with Crippen LogP contribution >= 0.6 is 0 Å². The van der Waals surface area contributed by atoms with Crippen LogP contribution < -0.4 is 16.4 Å². The Kier molecular flexibility index (Phi) is 9.44. The van der Waals surface area contributed by atoms with E-state index in [1.165, 1.54) is 0 Å². The smallest absolute Gasteiger partial charge is 0.408 e. The summed E-state index contributed by atoms with van der Waals surface area (Å²) < 4.78 is 12.3. The zero-order valence-corrected chi connectivity index (χ0v) is 21.7. The fourth-order valence-corrected chi connectivity index (χ4v) is 3.55. The maximum absolute atomic E-state index is 13.2. The number of nitrogens with zero attached hydrogens (tertiary/aromatic N) is 3. The summed E-state index contributed by atoms with van der Waals surface area (Å²) in [4.78, 5) is 47.0. The number of fused-ring (bicyclic) bond motifs is 1. The number of esters is 1. The van der Waals surface area contributed by atoms with Gasteiger partial charge in [-0.15, -0.1) is 0 Å². The first-order chi connectivity index (χ1) is 16.3. The number of aryl methyl sites for hydroxylation is 2. The number of hydrogen-bond donors (Lipinski definition) is 3. The number of ether oxygens (including phenoxy) is 2. The van der Waals surface area contributed by atoms with Crippen LogP contribution in [-0.2, 0) is 32.5 Å². The Balaban J connectivity index is 2.23. The highest BCUT2D eigenvalue weighted by molar-refractivity contribution is 5.89. The molecule has 4 N–H and O–H groups in total. The van der Waals surface area contributed by atoms with Crippen LogP contribution in [0.3, 0.4) is 0 Å². The standard InChI is InChI=1S/C24H38N6O5/c1-8-34-22(32)18(11-14(2)3)28-21(31)16(29-23(33)35-24(4,5)6)9-10-19-27-17-12-15(25)13-26-20(17)30(19)7/h12-14,16,18H,8-11,25H2,1-7H3,(H,28,31)(H,29,33)/t16-,18-/m0/s1. The Morgan fingerprint density at radius 3 is 2.46 bits per heavy atom. The number of aromatic nitrogens is 3. The Morgan fingerprint density at radius 2 is 1.86 bits per heavy atom. The molecule has 0 aromatic carbocycles. The summed E-state index contributed by atoms with van der Waals surface area (Å²) in [6.07, 6.45) is 1.80. The van der Waals surface area contributed by atoms with Gasteiger partial charge < -0.3 is 30.4 Å². The summed E-state index contributed by atoms with van der Waals surface area (Å²) in [6.45, 7) is 11.0. The number of carbonyl (C=O) groups excluding carboxylic acids is 3. The quantitative estimate of drug-likeness (QED) is 0.430. The van der Waals surface area contributed by atoms with Crippen LogP contribution in [0.4, 0.5) is 10.5 Å². The molecule has 11 heteroatoms. The van der Waals surface area contributed by atoms with Crippen molar-refractivity contribution in [3.05, 3.63) is 18.1 Å². The van der Waals surface area contributed by atoms with Gasteiger partial charge in [0.25, 0.3) is 0 Å². The van der Waals surface area contributed by atoms with Crippen molar-refractivity contribution in [3.8, 4) is 0 Å². The Hall–Kier alpha value is -3.37. The van der Waals surface area contributed by atoms with Crippen LogP contribution in [0.2, 0.25) is 0 Å². The van der Waals surface area contributed by atoms with Crippen molar-refractivity contribution in [2.75, 3.05) is 12.3 Å². The average molecular weight is 491 g/mol. The van der Waals surface area contributed by atoms with Gasteiger partial charge in [0.05, 0.1) is 18.5 Å². The second-order valence-corrected chi connectivity index (χ2v) is 9.88. The Labute approximate surface area is 206 Å². The van der Waals surface area contributed by atoms with Crippen molar-refractivity contribution >= 4 is 34.8 Å². The third kappa shape index (κ3) is 8.41. The minimum atomic E-state index is -0.966. The van der Waals surface area contributed by atoms with Crippen LogP contribution in [-0.4, -0.2) is 56.8 Å². The molecule has 2 heterocycles. The van der Waals surface area contributed by atoms with E-state index < -0.39 is 35.7 Å². The number of hydrogen-bond acceptors (Lipinski definition) is 8. The molecule has 0 saturated carbocycles. The predicted octanol–water partition coefficient (Wildman–Crippen LogP) is 2.47. The number of rotatable bonds is 10. The number of anilines is 1. The first-order valence-corrected chi connectivity index (χ1v) is 11.8. The molecule has 0 fully saturated rings. The van der Waals surface area contributed by atoms with E-state index in [0.717, 1.165) is 0 Å². The van der Waals surface area contributed by atoms with Crippen LogP contribution in [0.25, 0.3) is 11.2 Å². The predicted molar refractivity (Wildman–Crippen MR) is 132 cm³/mol. The van der Waals surface area contributed by atoms with Gasteiger partial charge in [-0.25, -0.2) is 19.6 Å². The zero-order valence-electron chi connectivity index (χ0n) is 21.7. The molecule has 0 aliphatic carbocycles. The number of alkyl carbamates (subject to hydrolysis) is 1. The molecule has 2 aromatic heterocycles. The van der Waals surface area contributed by atoms with Crippen LogP contribution in [0.1, 0.15) is 60.2 Å². The van der Waals surface area contributed by atoms with Gasteiger partial charge in [-0.2, -0.15) is 0 Å². The summed E-state index contributed by atoms with van der Waals surface area (Å²) in [5, 5.41) is 5.38. The summed E-state index contributed by atoms with van der Waals surface area (Å²) in [5.41, 5.74) is 6.88. The molecular weight excluding hydrogens is 452 g/mol. The summed E-state index contributed by atoms with van der Waals surface area (Å²) in [7, 11) is 1.82. The van der Waals surface area contributed by atoms with E-state index in [2.05, 4.69) is 20.6 Å². The van der Waals surface area contributed by atoms with Crippen LogP contribution in [0, 0.1) is 5.92 Å². The Bertz CT molecular complexity index is 1040. The van der Waals surface area contributed by atoms with Gasteiger partial charge in [0.1, 0.15) is 29.0 Å². The van der Waals surface area contributed by atoms with E-state index in [-0.39, 0.29) is 18.9 Å². The fourth-order valence-electron chi connectivity index (χ4n) is 3.55. The lowest BCUT2D eigenvalue weighted by atomic mass is 10.0. The van der Waals surface area contributed by atoms with E-state index in [4.69, 9.17) is 15.2 Å². The molecule has 2 atom stereocenters. The monoisotopic (exact) mass is 490 g/mol. The molecule has 35 heavy (non-hydrogen) atoms. The van der Waals surface area contributed by atoms with Gasteiger partial charge in [-0.1, -0.05) is 13.8 Å². The summed E-state index contributed by atoms with van der Waals surface area (Å²) in [6, 6.07) is -0.0646. The molecule has 0 aliphatic heterocycles. The first kappa shape index (κ1) is 27.9. The van der Waals surface area contributed by atoms with Crippen molar-refractivity contribution in [2.24, 2.45) is 13.0 Å². The zero-order chi connectivity index (χ0) is 26.3. The number of nitrogens with one attached hydrogen (secondary N) is 2. The van der Waals surface area contributed by atoms with Gasteiger partial charge in [-0.3, -0.25) is 4.79 Å². The van der Waals surface area contributed by atoms with Gasteiger partial charge in [0.2, 0.25) is 5.91 Å². The van der Waals surface area contributed by atoms with Gasteiger partial charge in [0.15, 0.2) is 5.65 Å². The lowest BCUT2D eigenvalue weighted by Crippen LogP contribution is -2.53.